The van der Waals surface area contributed by atoms with E-state index < -0.39 is 0 Å². The Labute approximate surface area is 141 Å². The number of ether oxygens (including phenoxy) is 1. The maximum absolute atomic E-state index is 6.04. The van der Waals surface area contributed by atoms with E-state index in [9.17, 15) is 0 Å². The fourth-order valence-electron chi connectivity index (χ4n) is 1.83. The zero-order chi connectivity index (χ0) is 15.5. The summed E-state index contributed by atoms with van der Waals surface area (Å²) < 4.78 is 5.64. The van der Waals surface area contributed by atoms with Crippen molar-refractivity contribution in [3.63, 3.8) is 0 Å². The number of hydrogen-bond acceptors (Lipinski definition) is 3. The molecule has 1 aromatic carbocycles. The third kappa shape index (κ3) is 7.80. The monoisotopic (exact) mass is 348 g/mol. The van der Waals surface area contributed by atoms with Gasteiger partial charge in [0.25, 0.3) is 0 Å². The summed E-state index contributed by atoms with van der Waals surface area (Å²) in [6.45, 7) is 3.75. The smallest absolute Gasteiger partial charge is 0.137 e. The summed E-state index contributed by atoms with van der Waals surface area (Å²) >= 11 is 17.3. The van der Waals surface area contributed by atoms with Gasteiger partial charge in [0.2, 0.25) is 0 Å². The summed E-state index contributed by atoms with van der Waals surface area (Å²) in [4.78, 5) is 4.80. The first-order valence-corrected chi connectivity index (χ1v) is 7.88. The predicted octanol–water partition coefficient (Wildman–Crippen LogP) is 3.83. The highest BCUT2D eigenvalue weighted by atomic mass is 35.5. The van der Waals surface area contributed by atoms with E-state index >= 15 is 0 Å². The van der Waals surface area contributed by atoms with Crippen LogP contribution in [0.3, 0.4) is 0 Å². The zero-order valence-corrected chi connectivity index (χ0v) is 14.0. The zero-order valence-electron chi connectivity index (χ0n) is 11.7. The molecule has 0 aliphatic rings. The van der Waals surface area contributed by atoms with Gasteiger partial charge < -0.3 is 4.74 Å². The third-order valence-corrected chi connectivity index (χ3v) is 3.55. The predicted molar refractivity (Wildman–Crippen MR) is 90.3 cm³/mol. The van der Waals surface area contributed by atoms with Crippen LogP contribution in [0.5, 0.6) is 5.75 Å². The van der Waals surface area contributed by atoms with E-state index in [4.69, 9.17) is 46.1 Å². The average Bonchev–Trinajstić information content (AvgIpc) is 2.45. The van der Waals surface area contributed by atoms with Crippen molar-refractivity contribution in [2.45, 2.75) is 12.8 Å². The van der Waals surface area contributed by atoms with Crippen molar-refractivity contribution in [2.75, 3.05) is 32.8 Å². The number of terminal acetylenes is 1. The molecule has 0 aliphatic carbocycles. The van der Waals surface area contributed by atoms with Gasteiger partial charge >= 0.3 is 0 Å². The molecule has 0 saturated carbocycles. The molecule has 0 heterocycles. The minimum absolute atomic E-state index is 0.524. The standard InChI is InChI=1S/C15H19Cl3N2O/c1-2-8-20(9-3-7-19-18)10-4-11-21-15-6-5-13(16)12-14(15)17/h1,5-6,12,19H,3-4,7-11H2. The highest BCUT2D eigenvalue weighted by Crippen LogP contribution is 2.27. The molecule has 0 spiro atoms. The van der Waals surface area contributed by atoms with Gasteiger partial charge in [-0.15, -0.1) is 6.42 Å². The molecule has 0 bridgehead atoms. The largest absolute Gasteiger partial charge is 0.492 e. The molecule has 1 aromatic rings. The first-order chi connectivity index (χ1) is 10.2. The topological polar surface area (TPSA) is 24.5 Å². The van der Waals surface area contributed by atoms with Gasteiger partial charge in [0, 0.05) is 24.7 Å². The molecule has 0 amide bonds. The molecule has 0 radical (unpaired) electrons. The van der Waals surface area contributed by atoms with E-state index in [1.165, 1.54) is 0 Å². The van der Waals surface area contributed by atoms with Crippen LogP contribution in [0.25, 0.3) is 0 Å². The lowest BCUT2D eigenvalue weighted by atomic mass is 10.3. The van der Waals surface area contributed by atoms with Crippen LogP contribution >= 0.6 is 35.0 Å². The Bertz CT molecular complexity index is 463. The van der Waals surface area contributed by atoms with E-state index in [1.54, 1.807) is 18.2 Å². The molecule has 6 heteroatoms. The number of benzene rings is 1. The minimum Gasteiger partial charge on any atom is -0.492 e. The van der Waals surface area contributed by atoms with Crippen molar-refractivity contribution in [3.05, 3.63) is 28.2 Å². The summed E-state index contributed by atoms with van der Waals surface area (Å²) in [5.74, 6) is 3.31. The Kier molecular flexibility index (Phi) is 9.65. The summed E-state index contributed by atoms with van der Waals surface area (Å²) in [5, 5.41) is 1.12. The van der Waals surface area contributed by atoms with Crippen molar-refractivity contribution >= 4 is 35.0 Å². The van der Waals surface area contributed by atoms with E-state index in [0.29, 0.717) is 28.9 Å². The van der Waals surface area contributed by atoms with Crippen LogP contribution in [0.4, 0.5) is 0 Å². The van der Waals surface area contributed by atoms with Crippen LogP contribution in [0.2, 0.25) is 10.0 Å². The van der Waals surface area contributed by atoms with Gasteiger partial charge in [-0.1, -0.05) is 29.1 Å². The molecule has 1 N–H and O–H groups in total. The Hall–Kier alpha value is -0.630. The summed E-state index contributed by atoms with van der Waals surface area (Å²) in [5.41, 5.74) is 0. The van der Waals surface area contributed by atoms with E-state index in [2.05, 4.69) is 15.7 Å². The van der Waals surface area contributed by atoms with Gasteiger partial charge in [-0.3, -0.25) is 4.90 Å². The first-order valence-electron chi connectivity index (χ1n) is 6.74. The Balaban J connectivity index is 2.28. The second kappa shape index (κ2) is 11.0. The lowest BCUT2D eigenvalue weighted by molar-refractivity contribution is 0.250. The van der Waals surface area contributed by atoms with Gasteiger partial charge in [-0.2, -0.15) is 0 Å². The average molecular weight is 350 g/mol. The van der Waals surface area contributed by atoms with Crippen LogP contribution in [0.1, 0.15) is 12.8 Å². The number of nitrogens with one attached hydrogen (secondary N) is 1. The molecular formula is C15H19Cl3N2O. The van der Waals surface area contributed by atoms with E-state index in [1.807, 2.05) is 0 Å². The SMILES string of the molecule is C#CCN(CCCNCl)CCCOc1ccc(Cl)cc1Cl. The highest BCUT2D eigenvalue weighted by Gasteiger charge is 2.05. The van der Waals surface area contributed by atoms with Gasteiger partial charge in [0.05, 0.1) is 18.2 Å². The Morgan fingerprint density at radius 3 is 2.67 bits per heavy atom. The third-order valence-electron chi connectivity index (χ3n) is 2.83. The lowest BCUT2D eigenvalue weighted by Crippen LogP contribution is -2.28. The fourth-order valence-corrected chi connectivity index (χ4v) is 2.43. The summed E-state index contributed by atoms with van der Waals surface area (Å²) in [6.07, 6.45) is 7.19. The van der Waals surface area contributed by atoms with Gasteiger partial charge in [-0.25, -0.2) is 4.84 Å². The van der Waals surface area contributed by atoms with Crippen LogP contribution in [0, 0.1) is 12.3 Å². The first kappa shape index (κ1) is 18.4. The lowest BCUT2D eigenvalue weighted by Gasteiger charge is -2.19. The van der Waals surface area contributed by atoms with Gasteiger partial charge in [0.15, 0.2) is 0 Å². The van der Waals surface area contributed by atoms with Crippen LogP contribution in [-0.4, -0.2) is 37.7 Å². The van der Waals surface area contributed by atoms with Crippen molar-refractivity contribution in [1.29, 1.82) is 0 Å². The molecule has 116 valence electrons. The second-order valence-corrected chi connectivity index (χ2v) is 5.61. The van der Waals surface area contributed by atoms with E-state index in [0.717, 1.165) is 32.5 Å². The van der Waals surface area contributed by atoms with E-state index in [-0.39, 0.29) is 0 Å². The van der Waals surface area contributed by atoms with Crippen molar-refractivity contribution in [1.82, 2.24) is 9.74 Å². The minimum atomic E-state index is 0.524. The van der Waals surface area contributed by atoms with Gasteiger partial charge in [0.1, 0.15) is 5.75 Å². The molecule has 1 rings (SSSR count). The number of rotatable bonds is 10. The second-order valence-electron chi connectivity index (χ2n) is 4.49. The molecule has 3 nitrogen and oxygen atoms in total. The normalized spacial score (nSPS) is 10.6. The Morgan fingerprint density at radius 2 is 2.00 bits per heavy atom. The van der Waals surface area contributed by atoms with Crippen LogP contribution in [-0.2, 0) is 0 Å². The van der Waals surface area contributed by atoms with Gasteiger partial charge in [-0.05, 0) is 42.8 Å². The summed E-state index contributed by atoms with van der Waals surface area (Å²) in [7, 11) is 0. The molecule has 0 aromatic heterocycles. The molecular weight excluding hydrogens is 331 g/mol. The molecule has 0 aliphatic heterocycles. The number of nitrogens with zero attached hydrogens (tertiary/aromatic N) is 1. The highest BCUT2D eigenvalue weighted by molar-refractivity contribution is 6.35. The van der Waals surface area contributed by atoms with Crippen molar-refractivity contribution < 1.29 is 4.74 Å². The maximum atomic E-state index is 6.04. The molecule has 0 saturated heterocycles. The molecule has 0 fully saturated rings. The number of hydrogen-bond donors (Lipinski definition) is 1. The molecule has 0 atom stereocenters. The van der Waals surface area contributed by atoms with Crippen LogP contribution in [0.15, 0.2) is 18.2 Å². The maximum Gasteiger partial charge on any atom is 0.137 e. The number of halogens is 3. The van der Waals surface area contributed by atoms with Crippen molar-refractivity contribution in [3.8, 4) is 18.1 Å². The fraction of sp³-hybridized carbons (Fsp3) is 0.467. The Morgan fingerprint density at radius 1 is 1.24 bits per heavy atom. The summed E-state index contributed by atoms with van der Waals surface area (Å²) in [6, 6.07) is 5.20. The molecule has 21 heavy (non-hydrogen) atoms. The van der Waals surface area contributed by atoms with Crippen molar-refractivity contribution in [2.24, 2.45) is 0 Å². The van der Waals surface area contributed by atoms with Crippen LogP contribution < -0.4 is 9.57 Å². The quantitative estimate of drug-likeness (QED) is 0.395. The molecule has 0 unspecified atom stereocenters.